The number of nitrogens with one attached hydrogen (secondary N) is 1. The van der Waals surface area contributed by atoms with Crippen LogP contribution in [0, 0.1) is 25.5 Å². The van der Waals surface area contributed by atoms with Crippen molar-refractivity contribution < 1.29 is 13.6 Å². The Labute approximate surface area is 166 Å². The standard InChI is InChI=1S/C23H19F2N3O/c1-14-7-10-21-27-23(16-8-9-17(24)15(2)11-16)20(28(21)13-14)12-22(29)26-19-6-4-3-5-18(19)25/h3-11,13H,12H2,1-2H3,(H,26,29). The fraction of sp³-hybridized carbons (Fsp3) is 0.130. The van der Waals surface area contributed by atoms with Gasteiger partial charge in [0, 0.05) is 11.8 Å². The highest BCUT2D eigenvalue weighted by molar-refractivity contribution is 5.93. The molecule has 0 atom stereocenters. The van der Waals surface area contributed by atoms with Crippen LogP contribution in [0.25, 0.3) is 16.9 Å². The first-order chi connectivity index (χ1) is 13.9. The minimum atomic E-state index is -0.496. The first kappa shape index (κ1) is 18.8. The molecule has 0 radical (unpaired) electrons. The number of nitrogens with zero attached hydrogens (tertiary/aromatic N) is 2. The summed E-state index contributed by atoms with van der Waals surface area (Å²) in [5.74, 6) is -1.16. The van der Waals surface area contributed by atoms with Crippen molar-refractivity contribution in [1.29, 1.82) is 0 Å². The molecule has 0 fully saturated rings. The molecule has 0 aliphatic heterocycles. The average Bonchev–Trinajstić information content (AvgIpc) is 3.03. The molecule has 4 aromatic rings. The van der Waals surface area contributed by atoms with Gasteiger partial charge in [-0.3, -0.25) is 4.79 Å². The summed E-state index contributed by atoms with van der Waals surface area (Å²) >= 11 is 0. The molecule has 1 N–H and O–H groups in total. The van der Waals surface area contributed by atoms with Gasteiger partial charge in [-0.05, 0) is 61.4 Å². The number of halogens is 2. The number of aromatic nitrogens is 2. The quantitative estimate of drug-likeness (QED) is 0.527. The van der Waals surface area contributed by atoms with Crippen LogP contribution >= 0.6 is 0 Å². The van der Waals surface area contributed by atoms with Crippen molar-refractivity contribution in [3.05, 3.63) is 89.2 Å². The fourth-order valence-corrected chi connectivity index (χ4v) is 3.30. The lowest BCUT2D eigenvalue weighted by molar-refractivity contribution is -0.115. The molecule has 0 saturated heterocycles. The Morgan fingerprint density at radius 2 is 1.83 bits per heavy atom. The van der Waals surface area contributed by atoms with E-state index in [1.54, 1.807) is 31.2 Å². The van der Waals surface area contributed by atoms with Crippen molar-refractivity contribution in [3.63, 3.8) is 0 Å². The number of carbonyl (C=O) groups is 1. The smallest absolute Gasteiger partial charge is 0.230 e. The number of pyridine rings is 1. The summed E-state index contributed by atoms with van der Waals surface area (Å²) in [5.41, 5.74) is 4.29. The summed E-state index contributed by atoms with van der Waals surface area (Å²) in [5, 5.41) is 2.61. The molecule has 0 aliphatic carbocycles. The highest BCUT2D eigenvalue weighted by Crippen LogP contribution is 2.27. The Balaban J connectivity index is 1.77. The number of anilines is 1. The number of carbonyl (C=O) groups excluding carboxylic acids is 1. The van der Waals surface area contributed by atoms with Gasteiger partial charge in [-0.1, -0.05) is 18.2 Å². The van der Waals surface area contributed by atoms with Gasteiger partial charge in [0.05, 0.1) is 23.5 Å². The number of fused-ring (bicyclic) bond motifs is 1. The number of rotatable bonds is 4. The Kier molecular flexibility index (Phi) is 4.84. The Morgan fingerprint density at radius 1 is 1.03 bits per heavy atom. The molecule has 0 aliphatic rings. The van der Waals surface area contributed by atoms with Gasteiger partial charge in [-0.2, -0.15) is 0 Å². The van der Waals surface area contributed by atoms with Crippen LogP contribution in [0.2, 0.25) is 0 Å². The molecule has 0 bridgehead atoms. The van der Waals surface area contributed by atoms with Gasteiger partial charge in [0.25, 0.3) is 0 Å². The largest absolute Gasteiger partial charge is 0.323 e. The van der Waals surface area contributed by atoms with E-state index in [1.165, 1.54) is 18.2 Å². The predicted octanol–water partition coefficient (Wildman–Crippen LogP) is 5.08. The fourth-order valence-electron chi connectivity index (χ4n) is 3.30. The molecule has 6 heteroatoms. The van der Waals surface area contributed by atoms with Crippen LogP contribution in [0.15, 0.2) is 60.8 Å². The Morgan fingerprint density at radius 3 is 2.59 bits per heavy atom. The zero-order valence-corrected chi connectivity index (χ0v) is 16.0. The molecule has 2 aromatic carbocycles. The van der Waals surface area contributed by atoms with E-state index in [9.17, 15) is 13.6 Å². The summed E-state index contributed by atoms with van der Waals surface area (Å²) in [7, 11) is 0. The second kappa shape index (κ2) is 7.47. The molecule has 0 saturated carbocycles. The molecule has 2 aromatic heterocycles. The normalized spacial score (nSPS) is 11.0. The van der Waals surface area contributed by atoms with Gasteiger partial charge in [0.15, 0.2) is 0 Å². The molecule has 4 nitrogen and oxygen atoms in total. The number of hydrogen-bond acceptors (Lipinski definition) is 2. The summed E-state index contributed by atoms with van der Waals surface area (Å²) in [4.78, 5) is 17.3. The van der Waals surface area contributed by atoms with Crippen LogP contribution in [0.3, 0.4) is 0 Å². The summed E-state index contributed by atoms with van der Waals surface area (Å²) in [6.45, 7) is 3.63. The van der Waals surface area contributed by atoms with Crippen molar-refractivity contribution in [2.75, 3.05) is 5.32 Å². The molecular weight excluding hydrogens is 372 g/mol. The van der Waals surface area contributed by atoms with Crippen LogP contribution in [-0.2, 0) is 11.2 Å². The molecular formula is C23H19F2N3O. The van der Waals surface area contributed by atoms with Crippen molar-refractivity contribution in [2.45, 2.75) is 20.3 Å². The van der Waals surface area contributed by atoms with E-state index in [0.29, 0.717) is 22.6 Å². The number of aryl methyl sites for hydroxylation is 2. The second-order valence-corrected chi connectivity index (χ2v) is 7.01. The number of amides is 1. The van der Waals surface area contributed by atoms with Gasteiger partial charge < -0.3 is 9.72 Å². The maximum atomic E-state index is 13.9. The highest BCUT2D eigenvalue weighted by Gasteiger charge is 2.18. The van der Waals surface area contributed by atoms with Gasteiger partial charge >= 0.3 is 0 Å². The number of hydrogen-bond donors (Lipinski definition) is 1. The van der Waals surface area contributed by atoms with Crippen LogP contribution < -0.4 is 5.32 Å². The molecule has 0 unspecified atom stereocenters. The lowest BCUT2D eigenvalue weighted by Gasteiger charge is -2.09. The molecule has 4 rings (SSSR count). The SMILES string of the molecule is Cc1ccc2nc(-c3ccc(F)c(C)c3)c(CC(=O)Nc3ccccc3F)n2c1. The van der Waals surface area contributed by atoms with Gasteiger partial charge in [-0.25, -0.2) is 13.8 Å². The van der Waals surface area contributed by atoms with Crippen molar-refractivity contribution >= 4 is 17.2 Å². The lowest BCUT2D eigenvalue weighted by atomic mass is 10.1. The topological polar surface area (TPSA) is 46.4 Å². The third kappa shape index (κ3) is 3.74. The number of benzene rings is 2. The van der Waals surface area contributed by atoms with E-state index in [1.807, 2.05) is 29.7 Å². The number of para-hydroxylation sites is 1. The van der Waals surface area contributed by atoms with Crippen molar-refractivity contribution in [1.82, 2.24) is 9.38 Å². The maximum absolute atomic E-state index is 13.9. The maximum Gasteiger partial charge on any atom is 0.230 e. The minimum Gasteiger partial charge on any atom is -0.323 e. The van der Waals surface area contributed by atoms with E-state index < -0.39 is 5.82 Å². The highest BCUT2D eigenvalue weighted by atomic mass is 19.1. The van der Waals surface area contributed by atoms with Crippen molar-refractivity contribution in [2.24, 2.45) is 0 Å². The zero-order chi connectivity index (χ0) is 20.5. The summed E-state index contributed by atoms with van der Waals surface area (Å²) in [6.07, 6.45) is 1.89. The third-order valence-electron chi connectivity index (χ3n) is 4.77. The Hall–Kier alpha value is -3.54. The lowest BCUT2D eigenvalue weighted by Crippen LogP contribution is -2.17. The van der Waals surface area contributed by atoms with Gasteiger partial charge in [-0.15, -0.1) is 0 Å². The van der Waals surface area contributed by atoms with Gasteiger partial charge in [0.1, 0.15) is 17.3 Å². The van der Waals surface area contributed by atoms with Gasteiger partial charge in [0.2, 0.25) is 5.91 Å². The first-order valence-electron chi connectivity index (χ1n) is 9.21. The van der Waals surface area contributed by atoms with E-state index in [0.717, 1.165) is 11.1 Å². The first-order valence-corrected chi connectivity index (χ1v) is 9.21. The van der Waals surface area contributed by atoms with Crippen LogP contribution in [0.1, 0.15) is 16.8 Å². The Bertz CT molecular complexity index is 1230. The van der Waals surface area contributed by atoms with E-state index >= 15 is 0 Å². The van der Waals surface area contributed by atoms with Crippen LogP contribution in [-0.4, -0.2) is 15.3 Å². The van der Waals surface area contributed by atoms with Crippen molar-refractivity contribution in [3.8, 4) is 11.3 Å². The van der Waals surface area contributed by atoms with Crippen LogP contribution in [0.4, 0.5) is 14.5 Å². The monoisotopic (exact) mass is 391 g/mol. The number of imidazole rings is 1. The molecule has 29 heavy (non-hydrogen) atoms. The summed E-state index contributed by atoms with van der Waals surface area (Å²) < 4.78 is 29.5. The molecule has 146 valence electrons. The minimum absolute atomic E-state index is 0.00921. The predicted molar refractivity (Wildman–Crippen MR) is 109 cm³/mol. The zero-order valence-electron chi connectivity index (χ0n) is 16.0. The van der Waals surface area contributed by atoms with E-state index in [2.05, 4.69) is 10.3 Å². The third-order valence-corrected chi connectivity index (χ3v) is 4.77. The molecule has 1 amide bonds. The van der Waals surface area contributed by atoms with Crippen LogP contribution in [0.5, 0.6) is 0 Å². The van der Waals surface area contributed by atoms with E-state index in [-0.39, 0.29) is 23.8 Å². The average molecular weight is 391 g/mol. The summed E-state index contributed by atoms with van der Waals surface area (Å²) in [6, 6.07) is 14.6. The molecule has 0 spiro atoms. The molecule has 2 heterocycles. The van der Waals surface area contributed by atoms with E-state index in [4.69, 9.17) is 0 Å². The second-order valence-electron chi connectivity index (χ2n) is 7.01.